The van der Waals surface area contributed by atoms with Gasteiger partial charge in [-0.05, 0) is 87.0 Å². The summed E-state index contributed by atoms with van der Waals surface area (Å²) in [6.07, 6.45) is 4.93. The van der Waals surface area contributed by atoms with Crippen LogP contribution < -0.4 is 14.8 Å². The SMILES string of the molecule is CC=C(C)C1(C(=O)Nc2ccc(CCc3ccnc4cc(OCCN(CC)CC)c(OC)cc34)c(F)c2)[C@H](C)[C@@H]1C. The van der Waals surface area contributed by atoms with Crippen molar-refractivity contribution in [3.05, 3.63) is 71.2 Å². The van der Waals surface area contributed by atoms with Gasteiger partial charge in [0.2, 0.25) is 5.91 Å². The summed E-state index contributed by atoms with van der Waals surface area (Å²) in [7, 11) is 1.64. The first kappa shape index (κ1) is 30.5. The predicted molar refractivity (Wildman–Crippen MR) is 164 cm³/mol. The molecule has 3 atom stereocenters. The Morgan fingerprint density at radius 3 is 2.39 bits per heavy atom. The van der Waals surface area contributed by atoms with Crippen LogP contribution >= 0.6 is 0 Å². The lowest BCUT2D eigenvalue weighted by molar-refractivity contribution is -0.120. The molecule has 0 radical (unpaired) electrons. The molecule has 1 unspecified atom stereocenters. The number of nitrogens with zero attached hydrogens (tertiary/aromatic N) is 2. The molecular formula is C34H44FN3O3. The van der Waals surface area contributed by atoms with Gasteiger partial charge in [-0.3, -0.25) is 9.78 Å². The fourth-order valence-corrected chi connectivity index (χ4v) is 6.18. The Balaban J connectivity index is 1.46. The number of halogens is 1. The van der Waals surface area contributed by atoms with Gasteiger partial charge in [0.15, 0.2) is 11.5 Å². The highest BCUT2D eigenvalue weighted by Crippen LogP contribution is 2.63. The molecule has 3 aromatic rings. The van der Waals surface area contributed by atoms with Gasteiger partial charge in [-0.25, -0.2) is 4.39 Å². The zero-order chi connectivity index (χ0) is 29.7. The second-order valence-electron chi connectivity index (χ2n) is 11.0. The van der Waals surface area contributed by atoms with E-state index in [2.05, 4.69) is 42.9 Å². The number of anilines is 1. The van der Waals surface area contributed by atoms with E-state index in [1.807, 2.05) is 38.1 Å². The Kier molecular flexibility index (Phi) is 9.69. The number of nitrogens with one attached hydrogen (secondary N) is 1. The van der Waals surface area contributed by atoms with Crippen molar-refractivity contribution in [2.45, 2.75) is 54.4 Å². The summed E-state index contributed by atoms with van der Waals surface area (Å²) in [4.78, 5) is 20.1. The molecule has 1 heterocycles. The number of likely N-dealkylation sites (N-methyl/N-ethyl adjacent to an activating group) is 1. The molecule has 41 heavy (non-hydrogen) atoms. The number of carbonyl (C=O) groups is 1. The van der Waals surface area contributed by atoms with Crippen LogP contribution in [0.2, 0.25) is 0 Å². The molecule has 0 bridgehead atoms. The van der Waals surface area contributed by atoms with Gasteiger partial charge in [-0.1, -0.05) is 45.4 Å². The van der Waals surface area contributed by atoms with Gasteiger partial charge in [-0.2, -0.15) is 0 Å². The first-order valence-electron chi connectivity index (χ1n) is 14.7. The third kappa shape index (κ3) is 6.10. The number of fused-ring (bicyclic) bond motifs is 1. The third-order valence-electron chi connectivity index (χ3n) is 9.19. The lowest BCUT2D eigenvalue weighted by Crippen LogP contribution is -2.28. The molecule has 1 aliphatic carbocycles. The van der Waals surface area contributed by atoms with Crippen LogP contribution in [0.25, 0.3) is 10.9 Å². The van der Waals surface area contributed by atoms with E-state index in [4.69, 9.17) is 9.47 Å². The summed E-state index contributed by atoms with van der Waals surface area (Å²) in [5.74, 6) is 1.45. The molecule has 4 rings (SSSR count). The van der Waals surface area contributed by atoms with Crippen LogP contribution in [-0.4, -0.2) is 49.1 Å². The number of hydrogen-bond acceptors (Lipinski definition) is 5. The van der Waals surface area contributed by atoms with Crippen molar-refractivity contribution >= 4 is 22.5 Å². The highest BCUT2D eigenvalue weighted by atomic mass is 19.1. The summed E-state index contributed by atoms with van der Waals surface area (Å²) < 4.78 is 26.9. The average Bonchev–Trinajstić information content (AvgIpc) is 3.54. The number of allylic oxidation sites excluding steroid dienone is 1. The van der Waals surface area contributed by atoms with E-state index in [0.717, 1.165) is 41.7 Å². The molecule has 1 amide bonds. The number of ether oxygens (including phenoxy) is 2. The zero-order valence-corrected chi connectivity index (χ0v) is 25.5. The molecule has 1 aromatic heterocycles. The summed E-state index contributed by atoms with van der Waals surface area (Å²) in [6.45, 7) is 15.8. The smallest absolute Gasteiger partial charge is 0.235 e. The number of carbonyl (C=O) groups excluding carboxylic acids is 1. The number of benzene rings is 2. The van der Waals surface area contributed by atoms with Crippen molar-refractivity contribution in [2.75, 3.05) is 38.7 Å². The molecule has 2 aromatic carbocycles. The summed E-state index contributed by atoms with van der Waals surface area (Å²) in [6, 6.07) is 10.8. The molecule has 220 valence electrons. The molecule has 0 spiro atoms. The lowest BCUT2D eigenvalue weighted by atomic mass is 9.91. The molecule has 0 saturated heterocycles. The lowest BCUT2D eigenvalue weighted by Gasteiger charge is -2.19. The molecule has 1 fully saturated rings. The number of amides is 1. The molecule has 0 aliphatic heterocycles. The van der Waals surface area contributed by atoms with E-state index < -0.39 is 5.41 Å². The first-order chi connectivity index (χ1) is 19.7. The largest absolute Gasteiger partial charge is 0.493 e. The van der Waals surface area contributed by atoms with Crippen molar-refractivity contribution in [2.24, 2.45) is 17.3 Å². The van der Waals surface area contributed by atoms with Crippen LogP contribution in [0.15, 0.2) is 54.2 Å². The van der Waals surface area contributed by atoms with Crippen LogP contribution in [0.3, 0.4) is 0 Å². The number of rotatable bonds is 13. The van der Waals surface area contributed by atoms with Crippen molar-refractivity contribution in [1.82, 2.24) is 9.88 Å². The van der Waals surface area contributed by atoms with Gasteiger partial charge in [0.25, 0.3) is 0 Å². The van der Waals surface area contributed by atoms with Gasteiger partial charge in [0.05, 0.1) is 18.0 Å². The maximum Gasteiger partial charge on any atom is 0.235 e. The number of aromatic nitrogens is 1. The van der Waals surface area contributed by atoms with Gasteiger partial charge in [-0.15, -0.1) is 0 Å². The molecule has 1 saturated carbocycles. The van der Waals surface area contributed by atoms with E-state index in [9.17, 15) is 4.79 Å². The minimum Gasteiger partial charge on any atom is -0.493 e. The number of pyridine rings is 1. The normalized spacial score (nSPS) is 20.4. The summed E-state index contributed by atoms with van der Waals surface area (Å²) >= 11 is 0. The number of aryl methyl sites for hydroxylation is 2. The Bertz CT molecular complexity index is 1410. The van der Waals surface area contributed by atoms with Crippen LogP contribution in [-0.2, 0) is 17.6 Å². The maximum atomic E-state index is 15.2. The minimum absolute atomic E-state index is 0.0612. The molecule has 1 N–H and O–H groups in total. The van der Waals surface area contributed by atoms with Crippen LogP contribution in [0, 0.1) is 23.1 Å². The standard InChI is InChI=1S/C34H44FN3O3/c1-8-22(4)34(23(5)24(34)6)33(39)37-27-14-13-26(29(35)19-27)12-11-25-15-16-36-30-21-32(31(40-7)20-28(25)30)41-18-17-38(9-2)10-3/h8,13-16,19-21,23-24H,9-12,17-18H2,1-7H3,(H,37,39)/t23-,24+,34?. The average molecular weight is 562 g/mol. The highest BCUT2D eigenvalue weighted by molar-refractivity contribution is 6.00. The van der Waals surface area contributed by atoms with Gasteiger partial charge < -0.3 is 19.7 Å². The van der Waals surface area contributed by atoms with Crippen LogP contribution in [0.1, 0.15) is 52.7 Å². The van der Waals surface area contributed by atoms with E-state index >= 15 is 4.39 Å². The fraction of sp³-hybridized carbons (Fsp3) is 0.471. The Morgan fingerprint density at radius 2 is 1.78 bits per heavy atom. The molecule has 7 heteroatoms. The Hall–Kier alpha value is -3.45. The van der Waals surface area contributed by atoms with Crippen molar-refractivity contribution in [1.29, 1.82) is 0 Å². The molecular weight excluding hydrogens is 517 g/mol. The van der Waals surface area contributed by atoms with Gasteiger partial charge >= 0.3 is 0 Å². The summed E-state index contributed by atoms with van der Waals surface area (Å²) in [5.41, 5.74) is 3.51. The number of hydrogen-bond donors (Lipinski definition) is 1. The number of methoxy groups -OCH3 is 1. The minimum atomic E-state index is -0.510. The van der Waals surface area contributed by atoms with Crippen molar-refractivity contribution in [3.8, 4) is 11.5 Å². The maximum absolute atomic E-state index is 15.2. The van der Waals surface area contributed by atoms with Gasteiger partial charge in [0, 0.05) is 29.9 Å². The van der Waals surface area contributed by atoms with Crippen LogP contribution in [0.4, 0.5) is 10.1 Å². The fourth-order valence-electron chi connectivity index (χ4n) is 6.18. The Morgan fingerprint density at radius 1 is 1.07 bits per heavy atom. The molecule has 1 aliphatic rings. The quantitative estimate of drug-likeness (QED) is 0.226. The van der Waals surface area contributed by atoms with E-state index in [1.165, 1.54) is 6.07 Å². The van der Waals surface area contributed by atoms with E-state index in [1.54, 1.807) is 25.4 Å². The van der Waals surface area contributed by atoms with E-state index in [-0.39, 0.29) is 23.6 Å². The Labute approximate surface area is 243 Å². The first-order valence-corrected chi connectivity index (χ1v) is 14.7. The summed E-state index contributed by atoms with van der Waals surface area (Å²) in [5, 5.41) is 3.94. The second kappa shape index (κ2) is 13.0. The predicted octanol–water partition coefficient (Wildman–Crippen LogP) is 7.07. The molecule has 6 nitrogen and oxygen atoms in total. The highest BCUT2D eigenvalue weighted by Gasteiger charge is 2.65. The third-order valence-corrected chi connectivity index (χ3v) is 9.19. The topological polar surface area (TPSA) is 63.7 Å². The van der Waals surface area contributed by atoms with Crippen LogP contribution in [0.5, 0.6) is 11.5 Å². The van der Waals surface area contributed by atoms with Crippen molar-refractivity contribution < 1.29 is 18.7 Å². The van der Waals surface area contributed by atoms with Gasteiger partial charge in [0.1, 0.15) is 12.4 Å². The monoisotopic (exact) mass is 561 g/mol. The second-order valence-corrected chi connectivity index (χ2v) is 11.0. The van der Waals surface area contributed by atoms with Crippen molar-refractivity contribution in [3.63, 3.8) is 0 Å². The zero-order valence-electron chi connectivity index (χ0n) is 25.5. The van der Waals surface area contributed by atoms with E-state index in [0.29, 0.717) is 42.2 Å².